The Morgan fingerprint density at radius 1 is 0.607 bits per heavy atom. The van der Waals surface area contributed by atoms with Gasteiger partial charge in [0.2, 0.25) is 0 Å². The quantitative estimate of drug-likeness (QED) is 0.123. The van der Waals surface area contributed by atoms with Crippen molar-refractivity contribution in [3.63, 3.8) is 0 Å². The minimum absolute atomic E-state index is 0. The molecule has 0 radical (unpaired) electrons. The molecule has 12 N–H and O–H groups in total. The van der Waals surface area contributed by atoms with Crippen molar-refractivity contribution in [3.05, 3.63) is 30.1 Å². The molecule has 0 amide bonds. The number of rotatable bonds is 0. The van der Waals surface area contributed by atoms with Crippen molar-refractivity contribution in [1.82, 2.24) is 4.98 Å². The second kappa shape index (κ2) is 18.4. The monoisotopic (exact) mass is 509 g/mol. The number of phosphoric acid groups is 4. The van der Waals surface area contributed by atoms with Crippen LogP contribution in [0.5, 0.6) is 0 Å². The fourth-order valence-electron chi connectivity index (χ4n) is 0.448. The molecule has 0 atom stereocenters. The van der Waals surface area contributed by atoms with E-state index >= 15 is 0 Å². The first-order valence-electron chi connectivity index (χ1n) is 5.40. The Morgan fingerprint density at radius 3 is 0.893 bits per heavy atom. The zero-order valence-corrected chi connectivity index (χ0v) is 16.6. The average molecular weight is 509 g/mol. The van der Waals surface area contributed by atoms with Crippen LogP contribution in [0.4, 0.5) is 0 Å². The summed E-state index contributed by atoms with van der Waals surface area (Å²) in [5, 5.41) is 0. The standard InChI is InChI=1S/C6H7N.Na.4H3O4P.H/c1-6-4-2-3-5-7-6;;4*1-5(2,3)4;/h2-5H,1H3;;4*(H3,1,2,3,4);. The third-order valence-electron chi connectivity index (χ3n) is 0.813. The van der Waals surface area contributed by atoms with Crippen LogP contribution in [0.25, 0.3) is 0 Å². The van der Waals surface area contributed by atoms with Gasteiger partial charge >= 0.3 is 60.8 Å². The molecule has 0 saturated heterocycles. The summed E-state index contributed by atoms with van der Waals surface area (Å²) >= 11 is 0. The first-order chi connectivity index (χ1) is 11.4. The molecule has 0 unspecified atom stereocenters. The number of aryl methyl sites for hydroxylation is 1. The molecule has 22 heteroatoms. The van der Waals surface area contributed by atoms with Crippen LogP contribution in [-0.2, 0) is 18.3 Å². The number of nitrogens with zero attached hydrogens (tertiary/aromatic N) is 1. The van der Waals surface area contributed by atoms with E-state index in [1.165, 1.54) is 0 Å². The van der Waals surface area contributed by atoms with Crippen LogP contribution in [0.3, 0.4) is 0 Å². The summed E-state index contributed by atoms with van der Waals surface area (Å²) in [4.78, 5) is 90.2. The van der Waals surface area contributed by atoms with Gasteiger partial charge in [-0.25, -0.2) is 18.3 Å². The molecule has 0 spiro atoms. The predicted molar refractivity (Wildman–Crippen MR) is 93.2 cm³/mol. The Hall–Kier alpha value is 0.590. The molecular weight excluding hydrogens is 489 g/mol. The molecule has 17 nitrogen and oxygen atoms in total. The third-order valence-corrected chi connectivity index (χ3v) is 0.813. The Balaban J connectivity index is -0.0000000789. The molecule has 28 heavy (non-hydrogen) atoms. The van der Waals surface area contributed by atoms with E-state index in [0.717, 1.165) is 5.69 Å². The number of aromatic nitrogens is 1. The van der Waals surface area contributed by atoms with Crippen molar-refractivity contribution in [2.45, 2.75) is 6.92 Å². The van der Waals surface area contributed by atoms with Gasteiger partial charge < -0.3 is 58.7 Å². The Labute approximate surface area is 179 Å². The molecule has 0 aliphatic rings. The normalized spacial score (nSPS) is 10.6. The van der Waals surface area contributed by atoms with E-state index in [1.54, 1.807) is 6.20 Å². The molecule has 0 bridgehead atoms. The second-order valence-electron chi connectivity index (χ2n) is 3.52. The van der Waals surface area contributed by atoms with Gasteiger partial charge in [0.05, 0.1) is 0 Å². The predicted octanol–water partition coefficient (Wildman–Crippen LogP) is -2.97. The fourth-order valence-corrected chi connectivity index (χ4v) is 0.448. The fraction of sp³-hybridized carbons (Fsp3) is 0.167. The molecule has 0 fully saturated rings. The van der Waals surface area contributed by atoms with Gasteiger partial charge in [-0.2, -0.15) is 0 Å². The van der Waals surface area contributed by atoms with Crippen LogP contribution in [0, 0.1) is 6.92 Å². The van der Waals surface area contributed by atoms with Crippen molar-refractivity contribution in [2.75, 3.05) is 0 Å². The van der Waals surface area contributed by atoms with Crippen molar-refractivity contribution >= 4 is 60.8 Å². The topological polar surface area (TPSA) is 324 Å². The molecule has 1 heterocycles. The van der Waals surface area contributed by atoms with Gasteiger partial charge in [-0.1, -0.05) is 6.07 Å². The van der Waals surface area contributed by atoms with E-state index in [0.29, 0.717) is 0 Å². The van der Waals surface area contributed by atoms with Crippen LogP contribution in [0.15, 0.2) is 24.4 Å². The number of hydrogen-bond donors (Lipinski definition) is 12. The van der Waals surface area contributed by atoms with Gasteiger partial charge in [-0.15, -0.1) is 0 Å². The zero-order chi connectivity index (χ0) is 23.1. The summed E-state index contributed by atoms with van der Waals surface area (Å²) in [7, 11) is -18.6. The first kappa shape index (κ1) is 39.1. The summed E-state index contributed by atoms with van der Waals surface area (Å²) in [6, 6.07) is 5.86. The molecular formula is C6H20NNaO16P4. The average Bonchev–Trinajstić information content (AvgIpc) is 2.19. The molecule has 0 aliphatic heterocycles. The van der Waals surface area contributed by atoms with Crippen LogP contribution in [0.1, 0.15) is 5.69 Å². The van der Waals surface area contributed by atoms with E-state index in [-0.39, 0.29) is 29.6 Å². The molecule has 1 aromatic rings. The van der Waals surface area contributed by atoms with Crippen molar-refractivity contribution in [1.29, 1.82) is 0 Å². The molecule has 1 rings (SSSR count). The Morgan fingerprint density at radius 2 is 0.821 bits per heavy atom. The van der Waals surface area contributed by atoms with Crippen LogP contribution in [0.2, 0.25) is 0 Å². The maximum absolute atomic E-state index is 8.88. The first-order valence-corrected chi connectivity index (χ1v) is 11.7. The minimum atomic E-state index is -4.64. The van der Waals surface area contributed by atoms with Gasteiger partial charge in [0.15, 0.2) is 0 Å². The van der Waals surface area contributed by atoms with E-state index in [1.807, 2.05) is 25.1 Å². The van der Waals surface area contributed by atoms with Gasteiger partial charge in [-0.05, 0) is 19.1 Å². The van der Waals surface area contributed by atoms with Gasteiger partial charge in [-0.3, -0.25) is 4.98 Å². The maximum atomic E-state index is 8.88. The SMILES string of the molecule is Cc1ccccn1.O=P(O)(O)O.O=P(O)(O)O.O=P(O)(O)O.O=P(O)(O)O.[NaH]. The van der Waals surface area contributed by atoms with E-state index < -0.39 is 31.3 Å². The van der Waals surface area contributed by atoms with Gasteiger partial charge in [0.1, 0.15) is 0 Å². The summed E-state index contributed by atoms with van der Waals surface area (Å²) in [6.07, 6.45) is 1.79. The molecule has 0 aliphatic carbocycles. The molecule has 0 saturated carbocycles. The molecule has 1 aromatic heterocycles. The summed E-state index contributed by atoms with van der Waals surface area (Å²) in [5.74, 6) is 0. The number of hydrogen-bond acceptors (Lipinski definition) is 5. The van der Waals surface area contributed by atoms with Crippen molar-refractivity contribution in [3.8, 4) is 0 Å². The van der Waals surface area contributed by atoms with E-state index in [9.17, 15) is 0 Å². The van der Waals surface area contributed by atoms with E-state index in [4.69, 9.17) is 77.0 Å². The van der Waals surface area contributed by atoms with Crippen LogP contribution in [-0.4, -0.2) is 93.3 Å². The van der Waals surface area contributed by atoms with Gasteiger partial charge in [0.25, 0.3) is 0 Å². The second-order valence-corrected chi connectivity index (χ2v) is 7.63. The van der Waals surface area contributed by atoms with Gasteiger partial charge in [0, 0.05) is 11.9 Å². The third kappa shape index (κ3) is 236. The zero-order valence-electron chi connectivity index (χ0n) is 13.0. The molecule has 166 valence electrons. The van der Waals surface area contributed by atoms with Crippen molar-refractivity contribution in [2.24, 2.45) is 0 Å². The molecule has 0 aromatic carbocycles. The number of pyridine rings is 1. The summed E-state index contributed by atoms with van der Waals surface area (Å²) in [6.45, 7) is 1.97. The summed E-state index contributed by atoms with van der Waals surface area (Å²) in [5.41, 5.74) is 1.07. The van der Waals surface area contributed by atoms with Crippen LogP contribution < -0.4 is 0 Å². The summed E-state index contributed by atoms with van der Waals surface area (Å²) < 4.78 is 35.5. The van der Waals surface area contributed by atoms with Crippen LogP contribution >= 0.6 is 31.3 Å². The Bertz CT molecular complexity index is 548. The Kier molecular flexibility index (Phi) is 25.7. The van der Waals surface area contributed by atoms with E-state index in [2.05, 4.69) is 4.98 Å². The van der Waals surface area contributed by atoms with Crippen molar-refractivity contribution < 1.29 is 77.0 Å².